The average Bonchev–Trinajstić information content (AvgIpc) is 1.37. The summed E-state index contributed by atoms with van der Waals surface area (Å²) in [5.41, 5.74) is 0. The van der Waals surface area contributed by atoms with Crippen molar-refractivity contribution in [3.05, 3.63) is 0 Å². The molecule has 0 bridgehead atoms. The van der Waals surface area contributed by atoms with Crippen molar-refractivity contribution in [1.82, 2.24) is 0 Å². The molecule has 2 heteroatoms. The van der Waals surface area contributed by atoms with Crippen LogP contribution in [0, 0.1) is 11.3 Å². The first-order valence-corrected chi connectivity index (χ1v) is 4.96. The third-order valence-electron chi connectivity index (χ3n) is 0.112. The van der Waals surface area contributed by atoms with Crippen molar-refractivity contribution in [3.8, 4) is 6.07 Å². The summed E-state index contributed by atoms with van der Waals surface area (Å²) >= 11 is 0.712. The van der Waals surface area contributed by atoms with E-state index in [1.807, 2.05) is 6.07 Å². The molecular weight excluding hydrogens is 239 g/mol. The van der Waals surface area contributed by atoms with Gasteiger partial charge in [-0.2, -0.15) is 0 Å². The summed E-state index contributed by atoms with van der Waals surface area (Å²) in [6.45, 7) is 0. The maximum absolute atomic E-state index is 7.67. The van der Waals surface area contributed by atoms with Crippen LogP contribution in [0.5, 0.6) is 0 Å². The van der Waals surface area contributed by atoms with Gasteiger partial charge in [-0.25, -0.2) is 0 Å². The Kier molecular flexibility index (Phi) is 3.79. The van der Waals surface area contributed by atoms with Crippen LogP contribution in [0.25, 0.3) is 0 Å². The van der Waals surface area contributed by atoms with E-state index in [2.05, 4.69) is 0 Å². The minimum atomic E-state index is 0.712. The number of hydrogen-bond donors (Lipinski definition) is 0. The van der Waals surface area contributed by atoms with Gasteiger partial charge in [-0.3, -0.25) is 0 Å². The minimum absolute atomic E-state index is 0.712. The molecule has 0 amide bonds. The number of nitrogens with zero attached hydrogens (tertiary/aromatic N) is 1. The summed E-state index contributed by atoms with van der Waals surface area (Å²) < 4.78 is 0.819. The van der Waals surface area contributed by atoms with E-state index >= 15 is 0 Å². The number of hydrogen-bond acceptors (Lipinski definition) is 1. The van der Waals surface area contributed by atoms with Crippen LogP contribution in [0.15, 0.2) is 0 Å². The average molecular weight is 241 g/mol. The van der Waals surface area contributed by atoms with Crippen molar-refractivity contribution in [1.29, 1.82) is 5.26 Å². The molecule has 4 heavy (non-hydrogen) atoms. The second-order valence-corrected chi connectivity index (χ2v) is 2.35. The molecule has 0 radical (unpaired) electrons. The number of nitriles is 1. The zero-order valence-electron chi connectivity index (χ0n) is 2.36. The first kappa shape index (κ1) is 4.43. The molecule has 0 spiro atoms. The predicted octanol–water partition coefficient (Wildman–Crippen LogP) is 0.475. The fourth-order valence-corrected chi connectivity index (χ4v) is 0. The molecule has 0 fully saturated rings. The molecule has 0 aromatic heterocycles. The summed E-state index contributed by atoms with van der Waals surface area (Å²) in [5, 5.41) is 7.67. The van der Waals surface area contributed by atoms with E-state index in [1.54, 1.807) is 0 Å². The summed E-state index contributed by atoms with van der Waals surface area (Å²) in [6, 6.07) is 2.02. The molecule has 0 rings (SSSR count). The van der Waals surface area contributed by atoms with Crippen LogP contribution in [0.2, 0.25) is 3.93 Å². The Morgan fingerprint density at radius 1 is 2.00 bits per heavy atom. The zero-order valence-corrected chi connectivity index (χ0v) is 7.86. The van der Waals surface area contributed by atoms with E-state index < -0.39 is 0 Å². The van der Waals surface area contributed by atoms with Gasteiger partial charge in [-0.15, -0.1) is 0 Å². The Hall–Kier alpha value is 0.425. The second-order valence-electron chi connectivity index (χ2n) is 0.408. The van der Waals surface area contributed by atoms with E-state index in [4.69, 9.17) is 5.26 Å². The van der Waals surface area contributed by atoms with E-state index in [0.717, 1.165) is 3.93 Å². The molecule has 0 atom stereocenters. The van der Waals surface area contributed by atoms with Gasteiger partial charge < -0.3 is 0 Å². The van der Waals surface area contributed by atoms with Crippen LogP contribution in [0.3, 0.4) is 0 Å². The van der Waals surface area contributed by atoms with Gasteiger partial charge in [0.25, 0.3) is 0 Å². The van der Waals surface area contributed by atoms with Crippen LogP contribution in [0.1, 0.15) is 0 Å². The predicted molar refractivity (Wildman–Crippen MR) is 10.4 cm³/mol. The first-order valence-electron chi connectivity index (χ1n) is 1.08. The molecule has 0 saturated carbocycles. The molecule has 0 aliphatic heterocycles. The molecule has 0 unspecified atom stereocenters. The van der Waals surface area contributed by atoms with Crippen LogP contribution >= 0.6 is 0 Å². The Labute approximate surface area is 41.6 Å². The summed E-state index contributed by atoms with van der Waals surface area (Å²) in [4.78, 5) is 0. The Morgan fingerprint density at radius 2 is 2.25 bits per heavy atom. The van der Waals surface area contributed by atoms with Gasteiger partial charge >= 0.3 is 41.4 Å². The van der Waals surface area contributed by atoms with Gasteiger partial charge in [-0.05, 0) is 0 Å². The molecular formula is C2H2HgN. The van der Waals surface area contributed by atoms with Gasteiger partial charge in [0.1, 0.15) is 0 Å². The van der Waals surface area contributed by atoms with Gasteiger partial charge in [-0.1, -0.05) is 0 Å². The normalized spacial score (nSPS) is 5.25. The molecule has 0 saturated heterocycles. The summed E-state index contributed by atoms with van der Waals surface area (Å²) in [7, 11) is 0. The van der Waals surface area contributed by atoms with Gasteiger partial charge in [0, 0.05) is 0 Å². The first-order chi connectivity index (χ1) is 1.91. The molecule has 0 aromatic carbocycles. The zero-order chi connectivity index (χ0) is 3.41. The summed E-state index contributed by atoms with van der Waals surface area (Å²) in [5.74, 6) is 0. The van der Waals surface area contributed by atoms with E-state index in [9.17, 15) is 0 Å². The number of rotatable bonds is 0. The van der Waals surface area contributed by atoms with Crippen LogP contribution in [0.4, 0.5) is 0 Å². The van der Waals surface area contributed by atoms with E-state index in [0.29, 0.717) is 26.1 Å². The van der Waals surface area contributed by atoms with Gasteiger partial charge in [0.15, 0.2) is 0 Å². The molecule has 0 aliphatic carbocycles. The molecule has 0 heterocycles. The van der Waals surface area contributed by atoms with Crippen molar-refractivity contribution < 1.29 is 26.1 Å². The fourth-order valence-electron chi connectivity index (χ4n) is 0. The van der Waals surface area contributed by atoms with Crippen molar-refractivity contribution in [2.75, 3.05) is 0 Å². The third kappa shape index (κ3) is 2.43. The van der Waals surface area contributed by atoms with Crippen LogP contribution in [-0.4, -0.2) is 0 Å². The van der Waals surface area contributed by atoms with E-state index in [1.165, 1.54) is 0 Å². The van der Waals surface area contributed by atoms with Crippen molar-refractivity contribution >= 4 is 0 Å². The standard InChI is InChI=1S/C2H2N.Hg/c1-2-3;/h1H2;. The Morgan fingerprint density at radius 3 is 2.25 bits per heavy atom. The Balaban J connectivity index is 2.43. The topological polar surface area (TPSA) is 23.8 Å². The fraction of sp³-hybridized carbons (Fsp3) is 0.500. The van der Waals surface area contributed by atoms with Crippen molar-refractivity contribution in [2.45, 2.75) is 3.93 Å². The van der Waals surface area contributed by atoms with Crippen molar-refractivity contribution in [3.63, 3.8) is 0 Å². The molecule has 0 N–H and O–H groups in total. The SMILES string of the molecule is N#C[CH2][Hg]. The van der Waals surface area contributed by atoms with Gasteiger partial charge in [0.2, 0.25) is 0 Å². The molecule has 0 aliphatic rings. The maximum atomic E-state index is 7.67. The van der Waals surface area contributed by atoms with E-state index in [-0.39, 0.29) is 0 Å². The second kappa shape index (κ2) is 3.43. The van der Waals surface area contributed by atoms with Crippen LogP contribution < -0.4 is 0 Å². The molecule has 0 aromatic rings. The van der Waals surface area contributed by atoms with Crippen molar-refractivity contribution in [2.24, 2.45) is 0 Å². The quantitative estimate of drug-likeness (QED) is 0.565. The molecule has 17 valence electrons. The van der Waals surface area contributed by atoms with Crippen LogP contribution in [-0.2, 0) is 26.1 Å². The monoisotopic (exact) mass is 242 g/mol. The Bertz CT molecular complexity index is 35.8. The summed E-state index contributed by atoms with van der Waals surface area (Å²) in [6.07, 6.45) is 0. The third-order valence-corrected chi connectivity index (χ3v) is 0.981. The molecule has 1 nitrogen and oxygen atoms in total. The van der Waals surface area contributed by atoms with Gasteiger partial charge in [0.05, 0.1) is 0 Å².